The number of amides is 2. The van der Waals surface area contributed by atoms with Crippen LogP contribution in [0.15, 0.2) is 71.8 Å². The first-order valence-corrected chi connectivity index (χ1v) is 12.9. The summed E-state index contributed by atoms with van der Waals surface area (Å²) in [5, 5.41) is 0. The van der Waals surface area contributed by atoms with Crippen LogP contribution < -0.4 is 0 Å². The molecule has 2 heterocycles. The van der Waals surface area contributed by atoms with Gasteiger partial charge in [0.2, 0.25) is 0 Å². The summed E-state index contributed by atoms with van der Waals surface area (Å²) in [6.07, 6.45) is 8.64. The highest BCUT2D eigenvalue weighted by molar-refractivity contribution is 6.30. The Bertz CT molecular complexity index is 982. The fourth-order valence-corrected chi connectivity index (χ4v) is 5.01. The molecule has 178 valence electrons. The van der Waals surface area contributed by atoms with Crippen molar-refractivity contribution in [3.63, 3.8) is 0 Å². The van der Waals surface area contributed by atoms with Crippen molar-refractivity contribution in [2.45, 2.75) is 65.2 Å². The monoisotopic (exact) mass is 456 g/mol. The predicted molar refractivity (Wildman–Crippen MR) is 138 cm³/mol. The molecule has 2 aromatic rings. The molecule has 2 amide bonds. The molecule has 4 rings (SSSR count). The summed E-state index contributed by atoms with van der Waals surface area (Å²) < 4.78 is 0. The van der Waals surface area contributed by atoms with Crippen LogP contribution in [0.1, 0.15) is 76.3 Å². The smallest absolute Gasteiger partial charge is 0.261 e. The van der Waals surface area contributed by atoms with Gasteiger partial charge in [-0.3, -0.25) is 9.59 Å². The maximum Gasteiger partial charge on any atom is 0.261 e. The lowest BCUT2D eigenvalue weighted by Crippen LogP contribution is -2.31. The van der Waals surface area contributed by atoms with Crippen LogP contribution >= 0.6 is 0 Å². The van der Waals surface area contributed by atoms with Gasteiger partial charge in [-0.05, 0) is 24.0 Å². The summed E-state index contributed by atoms with van der Waals surface area (Å²) in [4.78, 5) is 31.6. The SMILES string of the molecule is CCCCCCN1C(=O)C2=C(c3ccccc3)N(CCCCCC)C(=O)C2=C1c1ccccc1. The first-order valence-electron chi connectivity index (χ1n) is 12.9. The highest BCUT2D eigenvalue weighted by Gasteiger charge is 2.48. The molecule has 2 aliphatic heterocycles. The number of fused-ring (bicyclic) bond motifs is 1. The van der Waals surface area contributed by atoms with Gasteiger partial charge < -0.3 is 9.80 Å². The van der Waals surface area contributed by atoms with Crippen molar-refractivity contribution in [2.75, 3.05) is 13.1 Å². The molecule has 0 saturated heterocycles. The average Bonchev–Trinajstić information content (AvgIpc) is 3.32. The van der Waals surface area contributed by atoms with Crippen molar-refractivity contribution >= 4 is 23.2 Å². The Labute approximate surface area is 204 Å². The van der Waals surface area contributed by atoms with Crippen molar-refractivity contribution in [3.05, 3.63) is 82.9 Å². The average molecular weight is 457 g/mol. The third-order valence-electron chi connectivity index (χ3n) is 6.75. The van der Waals surface area contributed by atoms with Gasteiger partial charge in [-0.2, -0.15) is 0 Å². The van der Waals surface area contributed by atoms with Crippen LogP contribution in [-0.4, -0.2) is 34.7 Å². The summed E-state index contributed by atoms with van der Waals surface area (Å²) in [6, 6.07) is 19.9. The minimum absolute atomic E-state index is 0.0337. The number of carbonyl (C=O) groups is 2. The van der Waals surface area contributed by atoms with Gasteiger partial charge in [-0.25, -0.2) is 0 Å². The summed E-state index contributed by atoms with van der Waals surface area (Å²) in [6.45, 7) is 5.66. The second-order valence-corrected chi connectivity index (χ2v) is 9.21. The van der Waals surface area contributed by atoms with E-state index >= 15 is 0 Å². The fraction of sp³-hybridized carbons (Fsp3) is 0.400. The number of nitrogens with zero attached hydrogens (tertiary/aromatic N) is 2. The van der Waals surface area contributed by atoms with Crippen molar-refractivity contribution in [1.82, 2.24) is 9.80 Å². The predicted octanol–water partition coefficient (Wildman–Crippen LogP) is 6.65. The summed E-state index contributed by atoms with van der Waals surface area (Å²) in [5.41, 5.74) is 4.61. The highest BCUT2D eigenvalue weighted by atomic mass is 16.2. The zero-order chi connectivity index (χ0) is 23.9. The standard InChI is InChI=1S/C30H36N2O2/c1-3-5-7-15-21-31-27(23-17-11-9-12-18-23)25-26(29(31)33)28(24-19-13-10-14-20-24)32(30(25)34)22-16-8-6-4-2/h9-14,17-20H,3-8,15-16,21-22H2,1-2H3. The van der Waals surface area contributed by atoms with Gasteiger partial charge in [0.25, 0.3) is 11.8 Å². The molecular formula is C30H36N2O2. The number of hydrogen-bond acceptors (Lipinski definition) is 2. The molecular weight excluding hydrogens is 420 g/mol. The quantitative estimate of drug-likeness (QED) is 0.335. The summed E-state index contributed by atoms with van der Waals surface area (Å²) in [7, 11) is 0. The van der Waals surface area contributed by atoms with E-state index in [9.17, 15) is 9.59 Å². The van der Waals surface area contributed by atoms with Gasteiger partial charge in [-0.15, -0.1) is 0 Å². The summed E-state index contributed by atoms with van der Waals surface area (Å²) in [5.74, 6) is -0.0674. The lowest BCUT2D eigenvalue weighted by molar-refractivity contribution is -0.124. The van der Waals surface area contributed by atoms with E-state index < -0.39 is 0 Å². The number of unbranched alkanes of at least 4 members (excludes halogenated alkanes) is 6. The number of carbonyl (C=O) groups excluding carboxylic acids is 2. The molecule has 0 aliphatic carbocycles. The van der Waals surface area contributed by atoms with E-state index in [1.54, 1.807) is 0 Å². The normalized spacial score (nSPS) is 15.7. The maximum atomic E-state index is 13.9. The zero-order valence-corrected chi connectivity index (χ0v) is 20.6. The number of rotatable bonds is 12. The van der Waals surface area contributed by atoms with Gasteiger partial charge in [-0.1, -0.05) is 113 Å². The van der Waals surface area contributed by atoms with E-state index in [-0.39, 0.29) is 11.8 Å². The second-order valence-electron chi connectivity index (χ2n) is 9.21. The van der Waals surface area contributed by atoms with E-state index in [1.807, 2.05) is 70.5 Å². The molecule has 2 aromatic carbocycles. The van der Waals surface area contributed by atoms with Crippen molar-refractivity contribution in [3.8, 4) is 0 Å². The molecule has 0 spiro atoms. The van der Waals surface area contributed by atoms with E-state index in [2.05, 4.69) is 13.8 Å². The Morgan fingerprint density at radius 1 is 0.529 bits per heavy atom. The molecule has 4 heteroatoms. The molecule has 0 saturated carbocycles. The molecule has 2 aliphatic rings. The molecule has 0 radical (unpaired) electrons. The Hall–Kier alpha value is -3.14. The molecule has 34 heavy (non-hydrogen) atoms. The van der Waals surface area contributed by atoms with Crippen molar-refractivity contribution in [2.24, 2.45) is 0 Å². The Morgan fingerprint density at radius 3 is 1.26 bits per heavy atom. The highest BCUT2D eigenvalue weighted by Crippen LogP contribution is 2.46. The van der Waals surface area contributed by atoms with Crippen molar-refractivity contribution in [1.29, 1.82) is 0 Å². The third-order valence-corrected chi connectivity index (χ3v) is 6.75. The van der Waals surface area contributed by atoms with E-state index in [0.717, 1.165) is 73.9 Å². The topological polar surface area (TPSA) is 40.6 Å². The molecule has 0 unspecified atom stereocenters. The fourth-order valence-electron chi connectivity index (χ4n) is 5.01. The van der Waals surface area contributed by atoms with Gasteiger partial charge in [0.05, 0.1) is 22.5 Å². The van der Waals surface area contributed by atoms with Gasteiger partial charge in [0.15, 0.2) is 0 Å². The van der Waals surface area contributed by atoms with Crippen LogP contribution in [-0.2, 0) is 9.59 Å². The third kappa shape index (κ3) is 4.72. The van der Waals surface area contributed by atoms with Crippen LogP contribution in [0, 0.1) is 0 Å². The van der Waals surface area contributed by atoms with Gasteiger partial charge >= 0.3 is 0 Å². The molecule has 0 atom stereocenters. The van der Waals surface area contributed by atoms with Crippen LogP contribution in [0.25, 0.3) is 11.4 Å². The Balaban J connectivity index is 1.80. The second kappa shape index (κ2) is 11.3. The lowest BCUT2D eigenvalue weighted by Gasteiger charge is -2.25. The van der Waals surface area contributed by atoms with E-state index in [1.165, 1.54) is 0 Å². The van der Waals surface area contributed by atoms with Gasteiger partial charge in [0.1, 0.15) is 0 Å². The van der Waals surface area contributed by atoms with Crippen LogP contribution in [0.2, 0.25) is 0 Å². The Morgan fingerprint density at radius 2 is 0.912 bits per heavy atom. The van der Waals surface area contributed by atoms with Crippen LogP contribution in [0.5, 0.6) is 0 Å². The number of hydrogen-bond donors (Lipinski definition) is 0. The lowest BCUT2D eigenvalue weighted by atomic mass is 10.0. The largest absolute Gasteiger partial charge is 0.307 e. The van der Waals surface area contributed by atoms with Crippen LogP contribution in [0.3, 0.4) is 0 Å². The van der Waals surface area contributed by atoms with Crippen molar-refractivity contribution < 1.29 is 9.59 Å². The first-order chi connectivity index (χ1) is 16.7. The summed E-state index contributed by atoms with van der Waals surface area (Å²) >= 11 is 0. The van der Waals surface area contributed by atoms with E-state index in [4.69, 9.17) is 0 Å². The Kier molecular flexibility index (Phi) is 7.99. The minimum Gasteiger partial charge on any atom is -0.307 e. The molecule has 0 N–H and O–H groups in total. The molecule has 0 bridgehead atoms. The minimum atomic E-state index is -0.0337. The zero-order valence-electron chi connectivity index (χ0n) is 20.6. The van der Waals surface area contributed by atoms with Crippen LogP contribution in [0.4, 0.5) is 0 Å². The molecule has 0 fully saturated rings. The first kappa shape index (κ1) is 24.0. The van der Waals surface area contributed by atoms with E-state index in [0.29, 0.717) is 24.2 Å². The maximum absolute atomic E-state index is 13.9. The van der Waals surface area contributed by atoms with Gasteiger partial charge in [0, 0.05) is 13.1 Å². The number of benzene rings is 2. The molecule has 0 aromatic heterocycles. The molecule has 4 nitrogen and oxygen atoms in total.